The second-order valence-corrected chi connectivity index (χ2v) is 7.44. The lowest BCUT2D eigenvalue weighted by Gasteiger charge is -2.15. The maximum atomic E-state index is 12.5. The minimum Gasteiger partial charge on any atom is -0.211 e. The van der Waals surface area contributed by atoms with Crippen LogP contribution in [0.15, 0.2) is 41.3 Å². The molecule has 0 aliphatic heterocycles. The predicted molar refractivity (Wildman–Crippen MR) is 90.7 cm³/mol. The summed E-state index contributed by atoms with van der Waals surface area (Å²) >= 11 is 0. The molecule has 0 spiro atoms. The molecule has 0 aromatic heterocycles. The van der Waals surface area contributed by atoms with Gasteiger partial charge in [-0.3, -0.25) is 0 Å². The Balaban J connectivity index is 2.17. The highest BCUT2D eigenvalue weighted by atomic mass is 32.2. The summed E-state index contributed by atoms with van der Waals surface area (Å²) in [6, 6.07) is 11.6. The van der Waals surface area contributed by atoms with Gasteiger partial charge in [0.15, 0.2) is 0 Å². The fourth-order valence-electron chi connectivity index (χ4n) is 2.51. The highest BCUT2D eigenvalue weighted by molar-refractivity contribution is 7.89. The van der Waals surface area contributed by atoms with Crippen LogP contribution in [0, 0.1) is 27.7 Å². The van der Waals surface area contributed by atoms with Gasteiger partial charge in [-0.25, -0.2) is 13.1 Å². The van der Waals surface area contributed by atoms with E-state index in [0.29, 0.717) is 17.9 Å². The van der Waals surface area contributed by atoms with Gasteiger partial charge in [-0.15, -0.1) is 0 Å². The van der Waals surface area contributed by atoms with Crippen molar-refractivity contribution in [3.8, 4) is 0 Å². The van der Waals surface area contributed by atoms with Crippen LogP contribution in [0.25, 0.3) is 0 Å². The molecule has 2 aromatic rings. The Labute approximate surface area is 133 Å². The van der Waals surface area contributed by atoms with Crippen molar-refractivity contribution in [3.05, 3.63) is 64.2 Å². The standard InChI is InChI=1S/C18H23NO2S/c1-13-12-18(16(4)15(3)14(13)2)22(20,21)19-11-10-17-8-6-5-7-9-17/h5-9,12,19H,10-11H2,1-4H3. The minimum absolute atomic E-state index is 0.390. The van der Waals surface area contributed by atoms with Crippen LogP contribution in [0.5, 0.6) is 0 Å². The highest BCUT2D eigenvalue weighted by Gasteiger charge is 2.19. The summed E-state index contributed by atoms with van der Waals surface area (Å²) in [5.41, 5.74) is 5.16. The zero-order chi connectivity index (χ0) is 16.3. The molecular formula is C18H23NO2S. The molecule has 0 radical (unpaired) electrons. The lowest BCUT2D eigenvalue weighted by molar-refractivity contribution is 0.580. The van der Waals surface area contributed by atoms with Crippen molar-refractivity contribution in [2.75, 3.05) is 6.54 Å². The van der Waals surface area contributed by atoms with E-state index in [1.54, 1.807) is 6.07 Å². The smallest absolute Gasteiger partial charge is 0.211 e. The lowest BCUT2D eigenvalue weighted by Crippen LogP contribution is -2.27. The average molecular weight is 317 g/mol. The largest absolute Gasteiger partial charge is 0.240 e. The van der Waals surface area contributed by atoms with Crippen molar-refractivity contribution in [1.82, 2.24) is 4.72 Å². The third-order valence-corrected chi connectivity index (χ3v) is 5.86. The quantitative estimate of drug-likeness (QED) is 0.918. The first-order valence-corrected chi connectivity index (χ1v) is 8.92. The molecule has 3 nitrogen and oxygen atoms in total. The maximum absolute atomic E-state index is 12.5. The molecule has 0 fully saturated rings. The molecule has 0 atom stereocenters. The van der Waals surface area contributed by atoms with Gasteiger partial charge >= 0.3 is 0 Å². The number of hydrogen-bond donors (Lipinski definition) is 1. The lowest BCUT2D eigenvalue weighted by atomic mass is 10.00. The molecule has 22 heavy (non-hydrogen) atoms. The third kappa shape index (κ3) is 3.57. The number of nitrogens with one attached hydrogen (secondary N) is 1. The Morgan fingerprint density at radius 1 is 0.909 bits per heavy atom. The predicted octanol–water partition coefficient (Wildman–Crippen LogP) is 3.44. The van der Waals surface area contributed by atoms with E-state index in [2.05, 4.69) is 4.72 Å². The first-order chi connectivity index (χ1) is 10.3. The summed E-state index contributed by atoms with van der Waals surface area (Å²) in [7, 11) is -3.47. The summed E-state index contributed by atoms with van der Waals surface area (Å²) in [6.07, 6.45) is 0.683. The fourth-order valence-corrected chi connectivity index (χ4v) is 3.92. The van der Waals surface area contributed by atoms with E-state index in [1.165, 1.54) is 0 Å². The van der Waals surface area contributed by atoms with Crippen molar-refractivity contribution in [1.29, 1.82) is 0 Å². The summed E-state index contributed by atoms with van der Waals surface area (Å²) in [5, 5.41) is 0. The van der Waals surface area contributed by atoms with Crippen LogP contribution in [-0.2, 0) is 16.4 Å². The van der Waals surface area contributed by atoms with Gasteiger partial charge < -0.3 is 0 Å². The van der Waals surface area contributed by atoms with Crippen LogP contribution in [0.1, 0.15) is 27.8 Å². The molecule has 0 heterocycles. The molecule has 0 aliphatic rings. The highest BCUT2D eigenvalue weighted by Crippen LogP contribution is 2.24. The molecule has 4 heteroatoms. The van der Waals surface area contributed by atoms with Crippen molar-refractivity contribution < 1.29 is 8.42 Å². The van der Waals surface area contributed by atoms with Crippen molar-refractivity contribution >= 4 is 10.0 Å². The summed E-state index contributed by atoms with van der Waals surface area (Å²) in [6.45, 7) is 8.22. The van der Waals surface area contributed by atoms with Gasteiger partial charge in [-0.2, -0.15) is 0 Å². The fraction of sp³-hybridized carbons (Fsp3) is 0.333. The van der Waals surface area contributed by atoms with E-state index in [1.807, 2.05) is 58.0 Å². The number of aryl methyl sites for hydroxylation is 1. The molecule has 0 saturated heterocycles. The van der Waals surface area contributed by atoms with Crippen molar-refractivity contribution in [2.24, 2.45) is 0 Å². The van der Waals surface area contributed by atoms with E-state index in [4.69, 9.17) is 0 Å². The number of sulfonamides is 1. The summed E-state index contributed by atoms with van der Waals surface area (Å²) < 4.78 is 27.8. The monoisotopic (exact) mass is 317 g/mol. The van der Waals surface area contributed by atoms with Crippen LogP contribution < -0.4 is 4.72 Å². The molecule has 0 saturated carbocycles. The van der Waals surface area contributed by atoms with E-state index < -0.39 is 10.0 Å². The van der Waals surface area contributed by atoms with Gasteiger partial charge in [0.1, 0.15) is 0 Å². The average Bonchev–Trinajstić information content (AvgIpc) is 2.49. The van der Waals surface area contributed by atoms with Gasteiger partial charge in [0.25, 0.3) is 0 Å². The van der Waals surface area contributed by atoms with Gasteiger partial charge in [0.2, 0.25) is 10.0 Å². The topological polar surface area (TPSA) is 46.2 Å². The first kappa shape index (κ1) is 16.7. The first-order valence-electron chi connectivity index (χ1n) is 7.44. The SMILES string of the molecule is Cc1cc(S(=O)(=O)NCCc2ccccc2)c(C)c(C)c1C. The van der Waals surface area contributed by atoms with Crippen molar-refractivity contribution in [2.45, 2.75) is 39.0 Å². The second-order valence-electron chi connectivity index (χ2n) is 5.70. The van der Waals surface area contributed by atoms with E-state index in [-0.39, 0.29) is 0 Å². The van der Waals surface area contributed by atoms with Crippen LogP contribution in [0.2, 0.25) is 0 Å². The van der Waals surface area contributed by atoms with Gasteiger partial charge in [-0.1, -0.05) is 30.3 Å². The molecular weight excluding hydrogens is 294 g/mol. The van der Waals surface area contributed by atoms with E-state index in [0.717, 1.165) is 27.8 Å². The Morgan fingerprint density at radius 3 is 2.18 bits per heavy atom. The normalized spacial score (nSPS) is 11.6. The summed E-state index contributed by atoms with van der Waals surface area (Å²) in [4.78, 5) is 0.390. The molecule has 0 bridgehead atoms. The molecule has 118 valence electrons. The molecule has 1 N–H and O–H groups in total. The molecule has 2 aromatic carbocycles. The van der Waals surface area contributed by atoms with Gasteiger partial charge in [0.05, 0.1) is 4.90 Å². The second kappa shape index (κ2) is 6.63. The molecule has 0 aliphatic carbocycles. The third-order valence-electron chi connectivity index (χ3n) is 4.27. The summed E-state index contributed by atoms with van der Waals surface area (Å²) in [5.74, 6) is 0. The zero-order valence-electron chi connectivity index (χ0n) is 13.6. The van der Waals surface area contributed by atoms with E-state index in [9.17, 15) is 8.42 Å². The van der Waals surface area contributed by atoms with Crippen LogP contribution in [0.3, 0.4) is 0 Å². The Morgan fingerprint density at radius 2 is 1.55 bits per heavy atom. The number of benzene rings is 2. The zero-order valence-corrected chi connectivity index (χ0v) is 14.4. The molecule has 0 amide bonds. The van der Waals surface area contributed by atoms with E-state index >= 15 is 0 Å². The van der Waals surface area contributed by atoms with Crippen LogP contribution in [0.4, 0.5) is 0 Å². The molecule has 0 unspecified atom stereocenters. The maximum Gasteiger partial charge on any atom is 0.240 e. The van der Waals surface area contributed by atoms with Crippen LogP contribution >= 0.6 is 0 Å². The van der Waals surface area contributed by atoms with Crippen molar-refractivity contribution in [3.63, 3.8) is 0 Å². The number of hydrogen-bond acceptors (Lipinski definition) is 2. The molecule has 2 rings (SSSR count). The minimum atomic E-state index is -3.47. The Bertz CT molecular complexity index is 765. The number of rotatable bonds is 5. The van der Waals surface area contributed by atoms with Crippen LogP contribution in [-0.4, -0.2) is 15.0 Å². The van der Waals surface area contributed by atoms with Gasteiger partial charge in [-0.05, 0) is 68.0 Å². The Hall–Kier alpha value is -1.65. The van der Waals surface area contributed by atoms with Gasteiger partial charge in [0, 0.05) is 6.54 Å². The Kier molecular flexibility index (Phi) is 5.04.